The second-order valence-corrected chi connectivity index (χ2v) is 6.71. The van der Waals surface area contributed by atoms with E-state index in [1.54, 1.807) is 0 Å². The molecule has 22 heavy (non-hydrogen) atoms. The van der Waals surface area contributed by atoms with Gasteiger partial charge < -0.3 is 16.0 Å². The van der Waals surface area contributed by atoms with Crippen molar-refractivity contribution in [3.05, 3.63) is 29.8 Å². The number of fused-ring (bicyclic) bond motifs is 3. The van der Waals surface area contributed by atoms with Crippen LogP contribution in [0.4, 0.5) is 5.69 Å². The summed E-state index contributed by atoms with van der Waals surface area (Å²) in [6, 6.07) is 8.92. The molecule has 2 amide bonds. The first-order valence-corrected chi connectivity index (χ1v) is 8.14. The van der Waals surface area contributed by atoms with Crippen molar-refractivity contribution in [3.63, 3.8) is 0 Å². The highest BCUT2D eigenvalue weighted by atomic mass is 16.2. The Labute approximate surface area is 129 Å². The molecule has 3 unspecified atom stereocenters. The fourth-order valence-electron chi connectivity index (χ4n) is 4.12. The zero-order chi connectivity index (χ0) is 15.1. The number of piperidine rings is 1. The Morgan fingerprint density at radius 2 is 1.86 bits per heavy atom. The number of carbonyl (C=O) groups is 2. The van der Waals surface area contributed by atoms with Crippen molar-refractivity contribution in [2.24, 2.45) is 0 Å². The minimum Gasteiger partial charge on any atom is -0.353 e. The van der Waals surface area contributed by atoms with E-state index in [1.807, 2.05) is 24.3 Å². The van der Waals surface area contributed by atoms with E-state index in [0.717, 1.165) is 24.1 Å². The lowest BCUT2D eigenvalue weighted by atomic mass is 9.89. The van der Waals surface area contributed by atoms with Crippen LogP contribution in [0.5, 0.6) is 0 Å². The number of para-hydroxylation sites is 1. The Bertz CT molecular complexity index is 604. The summed E-state index contributed by atoms with van der Waals surface area (Å²) in [5.41, 5.74) is 1.70. The molecule has 0 saturated carbocycles. The number of rotatable bonds is 2. The molecule has 5 nitrogen and oxygen atoms in total. The molecule has 0 aliphatic carbocycles. The summed E-state index contributed by atoms with van der Waals surface area (Å²) >= 11 is 0. The van der Waals surface area contributed by atoms with Gasteiger partial charge in [0.1, 0.15) is 0 Å². The molecule has 1 aromatic rings. The normalized spacial score (nSPS) is 33.0. The molecule has 3 heterocycles. The minimum atomic E-state index is -0.363. The molecule has 3 aliphatic rings. The molecule has 0 aromatic heterocycles. The van der Waals surface area contributed by atoms with Crippen molar-refractivity contribution in [1.82, 2.24) is 10.6 Å². The van der Waals surface area contributed by atoms with Crippen molar-refractivity contribution in [1.29, 1.82) is 0 Å². The zero-order valence-electron chi connectivity index (χ0n) is 12.5. The number of hydrogen-bond donors (Lipinski definition) is 3. The lowest BCUT2D eigenvalue weighted by Crippen LogP contribution is -2.49. The van der Waals surface area contributed by atoms with E-state index in [9.17, 15) is 9.59 Å². The maximum atomic E-state index is 12.7. The van der Waals surface area contributed by atoms with E-state index in [0.29, 0.717) is 12.1 Å². The van der Waals surface area contributed by atoms with Gasteiger partial charge in [-0.05, 0) is 37.3 Å². The molecule has 2 saturated heterocycles. The summed E-state index contributed by atoms with van der Waals surface area (Å²) in [6.45, 7) is 0. The number of anilines is 1. The Balaban J connectivity index is 1.49. The van der Waals surface area contributed by atoms with Gasteiger partial charge in [0, 0.05) is 30.2 Å². The van der Waals surface area contributed by atoms with Gasteiger partial charge in [-0.1, -0.05) is 18.2 Å². The van der Waals surface area contributed by atoms with Crippen LogP contribution in [0.25, 0.3) is 0 Å². The van der Waals surface area contributed by atoms with Crippen molar-refractivity contribution in [2.45, 2.75) is 56.1 Å². The Morgan fingerprint density at radius 1 is 1.14 bits per heavy atom. The third-order valence-electron chi connectivity index (χ3n) is 5.14. The first-order valence-electron chi connectivity index (χ1n) is 8.14. The topological polar surface area (TPSA) is 70.2 Å². The Kier molecular flexibility index (Phi) is 3.37. The van der Waals surface area contributed by atoms with E-state index in [1.165, 1.54) is 12.8 Å². The van der Waals surface area contributed by atoms with E-state index < -0.39 is 0 Å². The Morgan fingerprint density at radius 3 is 2.64 bits per heavy atom. The summed E-state index contributed by atoms with van der Waals surface area (Å²) in [5.74, 6) is -0.449. The molecule has 3 aliphatic heterocycles. The maximum Gasteiger partial charge on any atom is 0.228 e. The average molecular weight is 299 g/mol. The molecule has 0 spiro atoms. The molecule has 3 atom stereocenters. The van der Waals surface area contributed by atoms with Gasteiger partial charge in [-0.2, -0.15) is 0 Å². The van der Waals surface area contributed by atoms with Crippen molar-refractivity contribution in [2.75, 3.05) is 5.32 Å². The van der Waals surface area contributed by atoms with Crippen LogP contribution in [0.3, 0.4) is 0 Å². The van der Waals surface area contributed by atoms with Gasteiger partial charge in [-0.3, -0.25) is 9.59 Å². The third kappa shape index (κ3) is 2.50. The Hall–Kier alpha value is -1.88. The molecular weight excluding hydrogens is 278 g/mol. The SMILES string of the molecule is O=C1CC(C(=O)NC2CC3CCC(C2)N3)c2ccccc2N1. The largest absolute Gasteiger partial charge is 0.353 e. The lowest BCUT2D eigenvalue weighted by Gasteiger charge is -2.32. The molecule has 2 fully saturated rings. The van der Waals surface area contributed by atoms with Gasteiger partial charge in [-0.15, -0.1) is 0 Å². The van der Waals surface area contributed by atoms with Gasteiger partial charge in [0.25, 0.3) is 0 Å². The van der Waals surface area contributed by atoms with Gasteiger partial charge in [0.05, 0.1) is 5.92 Å². The molecule has 4 rings (SSSR count). The molecule has 5 heteroatoms. The molecular formula is C17H21N3O2. The third-order valence-corrected chi connectivity index (χ3v) is 5.14. The summed E-state index contributed by atoms with van der Waals surface area (Å²) < 4.78 is 0. The molecule has 0 radical (unpaired) electrons. The van der Waals surface area contributed by atoms with Crippen LogP contribution in [0.15, 0.2) is 24.3 Å². The lowest BCUT2D eigenvalue weighted by molar-refractivity contribution is -0.127. The van der Waals surface area contributed by atoms with Crippen LogP contribution in [0, 0.1) is 0 Å². The molecule has 1 aromatic carbocycles. The first kappa shape index (κ1) is 13.8. The highest BCUT2D eigenvalue weighted by Gasteiger charge is 2.36. The second kappa shape index (κ2) is 5.39. The van der Waals surface area contributed by atoms with E-state index in [-0.39, 0.29) is 30.2 Å². The van der Waals surface area contributed by atoms with Gasteiger partial charge in [0.2, 0.25) is 11.8 Å². The average Bonchev–Trinajstić information content (AvgIpc) is 2.85. The predicted octanol–water partition coefficient (Wildman–Crippen LogP) is 1.51. The first-order chi connectivity index (χ1) is 10.7. The van der Waals surface area contributed by atoms with Gasteiger partial charge in [0.15, 0.2) is 0 Å². The summed E-state index contributed by atoms with van der Waals surface area (Å²) in [4.78, 5) is 24.5. The molecule has 3 N–H and O–H groups in total. The predicted molar refractivity (Wildman–Crippen MR) is 83.5 cm³/mol. The van der Waals surface area contributed by atoms with Crippen LogP contribution in [0.2, 0.25) is 0 Å². The van der Waals surface area contributed by atoms with Crippen molar-refractivity contribution in [3.8, 4) is 0 Å². The van der Waals surface area contributed by atoms with Crippen molar-refractivity contribution < 1.29 is 9.59 Å². The summed E-state index contributed by atoms with van der Waals surface area (Å²) in [7, 11) is 0. The number of hydrogen-bond acceptors (Lipinski definition) is 3. The highest BCUT2D eigenvalue weighted by Crippen LogP contribution is 2.33. The summed E-state index contributed by atoms with van der Waals surface area (Å²) in [6.07, 6.45) is 4.67. The van der Waals surface area contributed by atoms with E-state index >= 15 is 0 Å². The van der Waals surface area contributed by atoms with Crippen LogP contribution in [0.1, 0.15) is 43.6 Å². The smallest absolute Gasteiger partial charge is 0.228 e. The molecule has 2 bridgehead atoms. The van der Waals surface area contributed by atoms with Gasteiger partial charge >= 0.3 is 0 Å². The monoisotopic (exact) mass is 299 g/mol. The number of nitrogens with one attached hydrogen (secondary N) is 3. The van der Waals surface area contributed by atoms with Crippen LogP contribution in [-0.4, -0.2) is 29.9 Å². The zero-order valence-corrected chi connectivity index (χ0v) is 12.5. The molecule has 116 valence electrons. The summed E-state index contributed by atoms with van der Waals surface area (Å²) in [5, 5.41) is 9.62. The number of carbonyl (C=O) groups excluding carboxylic acids is 2. The highest BCUT2D eigenvalue weighted by molar-refractivity contribution is 6.01. The number of benzene rings is 1. The maximum absolute atomic E-state index is 12.7. The van der Waals surface area contributed by atoms with Crippen LogP contribution < -0.4 is 16.0 Å². The standard InChI is InChI=1S/C17H21N3O2/c21-16-9-14(13-3-1-2-4-15(13)20-16)17(22)19-12-7-10-5-6-11(8-12)18-10/h1-4,10-12,14,18H,5-9H2,(H,19,22)(H,20,21). The van der Waals surface area contributed by atoms with E-state index in [2.05, 4.69) is 16.0 Å². The fourth-order valence-corrected chi connectivity index (χ4v) is 4.12. The quantitative estimate of drug-likeness (QED) is 0.775. The van der Waals surface area contributed by atoms with Crippen LogP contribution >= 0.6 is 0 Å². The van der Waals surface area contributed by atoms with Gasteiger partial charge in [-0.25, -0.2) is 0 Å². The number of amides is 2. The fraction of sp³-hybridized carbons (Fsp3) is 0.529. The van der Waals surface area contributed by atoms with Crippen molar-refractivity contribution >= 4 is 17.5 Å². The minimum absolute atomic E-state index is 0.00593. The second-order valence-electron chi connectivity index (χ2n) is 6.71. The van der Waals surface area contributed by atoms with Crippen LogP contribution in [-0.2, 0) is 9.59 Å². The van der Waals surface area contributed by atoms with E-state index in [4.69, 9.17) is 0 Å².